The molecule has 1 amide bonds. The molecule has 132 valence electrons. The molecular weight excluding hydrogens is 321 g/mol. The maximum Gasteiger partial charge on any atom is 0.226 e. The predicted octanol–water partition coefficient (Wildman–Crippen LogP) is 2.08. The van der Waals surface area contributed by atoms with Crippen LogP contribution in [0.5, 0.6) is 0 Å². The molecule has 2 aromatic rings. The van der Waals surface area contributed by atoms with E-state index in [1.807, 2.05) is 0 Å². The van der Waals surface area contributed by atoms with Crippen molar-refractivity contribution in [3.05, 3.63) is 48.0 Å². The van der Waals surface area contributed by atoms with E-state index >= 15 is 0 Å². The van der Waals surface area contributed by atoms with Gasteiger partial charge in [-0.2, -0.15) is 5.10 Å². The van der Waals surface area contributed by atoms with Gasteiger partial charge in [0.1, 0.15) is 5.82 Å². The molecule has 4 rings (SSSR count). The number of halogens is 1. The number of aliphatic hydroxyl groups excluding tert-OH is 1. The van der Waals surface area contributed by atoms with Crippen molar-refractivity contribution in [2.45, 2.75) is 31.7 Å². The highest BCUT2D eigenvalue weighted by Gasteiger charge is 2.47. The molecule has 1 heterocycles. The topological polar surface area (TPSA) is 67.2 Å². The number of carbonyl (C=O) groups excluding carboxylic acids is 1. The van der Waals surface area contributed by atoms with Crippen molar-refractivity contribution in [2.75, 3.05) is 6.61 Å². The van der Waals surface area contributed by atoms with Gasteiger partial charge in [-0.3, -0.25) is 4.79 Å². The fourth-order valence-electron chi connectivity index (χ4n) is 4.49. The minimum absolute atomic E-state index is 0.0552. The molecule has 1 aromatic carbocycles. The van der Waals surface area contributed by atoms with E-state index in [2.05, 4.69) is 10.4 Å². The first-order valence-corrected chi connectivity index (χ1v) is 8.85. The molecule has 2 N–H and O–H groups in total. The molecule has 2 aliphatic carbocycles. The van der Waals surface area contributed by atoms with Gasteiger partial charge in [-0.15, -0.1) is 0 Å². The lowest BCUT2D eigenvalue weighted by Gasteiger charge is -2.30. The molecule has 2 fully saturated rings. The van der Waals surface area contributed by atoms with Crippen LogP contribution in [0.2, 0.25) is 0 Å². The minimum atomic E-state index is -0.292. The first kappa shape index (κ1) is 16.3. The third-order valence-corrected chi connectivity index (χ3v) is 5.70. The number of nitrogens with zero attached hydrogens (tertiary/aromatic N) is 2. The van der Waals surface area contributed by atoms with Crippen LogP contribution in [0, 0.1) is 23.6 Å². The molecule has 1 aromatic heterocycles. The summed E-state index contributed by atoms with van der Waals surface area (Å²) in [6.45, 7) is 0.144. The number of carbonyl (C=O) groups is 1. The molecule has 6 heteroatoms. The molecule has 2 bridgehead atoms. The Hall–Kier alpha value is -2.21. The highest BCUT2D eigenvalue weighted by atomic mass is 19.1. The van der Waals surface area contributed by atoms with Gasteiger partial charge in [0, 0.05) is 24.8 Å². The fraction of sp³-hybridized carbons (Fsp3) is 0.474. The fourth-order valence-corrected chi connectivity index (χ4v) is 4.49. The van der Waals surface area contributed by atoms with Gasteiger partial charge < -0.3 is 10.4 Å². The maximum atomic E-state index is 13.0. The normalized spacial score (nSPS) is 27.6. The second kappa shape index (κ2) is 6.59. The van der Waals surface area contributed by atoms with Crippen LogP contribution < -0.4 is 5.32 Å². The van der Waals surface area contributed by atoms with Crippen molar-refractivity contribution >= 4 is 5.91 Å². The summed E-state index contributed by atoms with van der Waals surface area (Å²) in [5, 5.41) is 17.1. The van der Waals surface area contributed by atoms with E-state index < -0.39 is 0 Å². The predicted molar refractivity (Wildman–Crippen MR) is 90.6 cm³/mol. The highest BCUT2D eigenvalue weighted by Crippen LogP contribution is 2.48. The summed E-state index contributed by atoms with van der Waals surface area (Å²) in [4.78, 5) is 12.4. The third-order valence-electron chi connectivity index (χ3n) is 5.70. The van der Waals surface area contributed by atoms with Crippen LogP contribution in [0.1, 0.15) is 25.0 Å². The number of hydrogen-bond acceptors (Lipinski definition) is 3. The van der Waals surface area contributed by atoms with Crippen molar-refractivity contribution in [1.82, 2.24) is 15.1 Å². The first-order valence-electron chi connectivity index (χ1n) is 8.85. The van der Waals surface area contributed by atoms with Crippen molar-refractivity contribution < 1.29 is 14.3 Å². The number of rotatable bonds is 5. The Bertz CT molecular complexity index is 758. The van der Waals surface area contributed by atoms with Gasteiger partial charge >= 0.3 is 0 Å². The Morgan fingerprint density at radius 2 is 2.00 bits per heavy atom. The van der Waals surface area contributed by atoms with Crippen molar-refractivity contribution in [3.8, 4) is 5.69 Å². The number of fused-ring (bicyclic) bond motifs is 2. The summed E-state index contributed by atoms with van der Waals surface area (Å²) < 4.78 is 14.6. The quantitative estimate of drug-likeness (QED) is 0.873. The van der Waals surface area contributed by atoms with Gasteiger partial charge in [-0.1, -0.05) is 0 Å². The maximum absolute atomic E-state index is 13.0. The Balaban J connectivity index is 1.39. The van der Waals surface area contributed by atoms with Crippen LogP contribution in [0.4, 0.5) is 4.39 Å². The Morgan fingerprint density at radius 1 is 1.24 bits per heavy atom. The van der Waals surface area contributed by atoms with Crippen LogP contribution in [0.3, 0.4) is 0 Å². The standard InChI is InChI=1S/C19H22FN3O2/c20-14-3-5-16(6-4-14)23-8-7-15(22-23)10-18(25)21-19-13-2-1-12(9-13)17(19)11-24/h3-8,12-13,17,19,24H,1-2,9-11H2,(H,21,25). The van der Waals surface area contributed by atoms with Gasteiger partial charge in [-0.05, 0) is 61.4 Å². The van der Waals surface area contributed by atoms with Gasteiger partial charge in [-0.25, -0.2) is 9.07 Å². The lowest BCUT2D eigenvalue weighted by atomic mass is 9.85. The van der Waals surface area contributed by atoms with E-state index in [9.17, 15) is 14.3 Å². The van der Waals surface area contributed by atoms with E-state index in [1.165, 1.54) is 18.6 Å². The summed E-state index contributed by atoms with van der Waals surface area (Å²) in [6, 6.07) is 7.95. The Kier molecular flexibility index (Phi) is 4.29. The summed E-state index contributed by atoms with van der Waals surface area (Å²) >= 11 is 0. The van der Waals surface area contributed by atoms with E-state index in [1.54, 1.807) is 29.1 Å². The van der Waals surface area contributed by atoms with E-state index in [4.69, 9.17) is 0 Å². The number of benzene rings is 1. The van der Waals surface area contributed by atoms with Gasteiger partial charge in [0.05, 0.1) is 17.8 Å². The molecule has 4 unspecified atom stereocenters. The van der Waals surface area contributed by atoms with Gasteiger partial charge in [0.15, 0.2) is 0 Å². The zero-order valence-electron chi connectivity index (χ0n) is 13.9. The van der Waals surface area contributed by atoms with E-state index in [0.717, 1.165) is 18.5 Å². The van der Waals surface area contributed by atoms with Gasteiger partial charge in [0.25, 0.3) is 0 Å². The van der Waals surface area contributed by atoms with Crippen LogP contribution in [0.25, 0.3) is 5.69 Å². The number of hydrogen-bond donors (Lipinski definition) is 2. The second-order valence-electron chi connectivity index (χ2n) is 7.18. The monoisotopic (exact) mass is 343 g/mol. The molecule has 5 nitrogen and oxygen atoms in total. The summed E-state index contributed by atoms with van der Waals surface area (Å²) in [7, 11) is 0. The molecule has 0 radical (unpaired) electrons. The van der Waals surface area contributed by atoms with Crippen LogP contribution in [-0.4, -0.2) is 33.4 Å². The number of amides is 1. The van der Waals surface area contributed by atoms with Gasteiger partial charge in [0.2, 0.25) is 5.91 Å². The number of aromatic nitrogens is 2. The molecule has 0 aliphatic heterocycles. The molecule has 25 heavy (non-hydrogen) atoms. The molecule has 2 saturated carbocycles. The van der Waals surface area contributed by atoms with Crippen LogP contribution >= 0.6 is 0 Å². The number of aliphatic hydroxyl groups is 1. The molecular formula is C19H22FN3O2. The SMILES string of the molecule is O=C(Cc1ccn(-c2ccc(F)cc2)n1)NC1C2CCC(C2)C1CO. The number of nitrogens with one attached hydrogen (secondary N) is 1. The molecule has 0 saturated heterocycles. The summed E-state index contributed by atoms with van der Waals surface area (Å²) in [5.41, 5.74) is 1.42. The van der Waals surface area contributed by atoms with Crippen molar-refractivity contribution in [3.63, 3.8) is 0 Å². The average molecular weight is 343 g/mol. The highest BCUT2D eigenvalue weighted by molar-refractivity contribution is 5.78. The van der Waals surface area contributed by atoms with Crippen LogP contribution in [0.15, 0.2) is 36.5 Å². The third kappa shape index (κ3) is 3.18. The van der Waals surface area contributed by atoms with E-state index in [-0.39, 0.29) is 36.7 Å². The lowest BCUT2D eigenvalue weighted by Crippen LogP contribution is -2.45. The zero-order valence-corrected chi connectivity index (χ0v) is 13.9. The largest absolute Gasteiger partial charge is 0.396 e. The Morgan fingerprint density at radius 3 is 2.76 bits per heavy atom. The smallest absolute Gasteiger partial charge is 0.226 e. The second-order valence-corrected chi connectivity index (χ2v) is 7.18. The van der Waals surface area contributed by atoms with Crippen LogP contribution in [-0.2, 0) is 11.2 Å². The summed E-state index contributed by atoms with van der Waals surface area (Å²) in [6.07, 6.45) is 5.41. The van der Waals surface area contributed by atoms with Crippen molar-refractivity contribution in [1.29, 1.82) is 0 Å². The zero-order chi connectivity index (χ0) is 17.4. The minimum Gasteiger partial charge on any atom is -0.396 e. The molecule has 0 spiro atoms. The lowest BCUT2D eigenvalue weighted by molar-refractivity contribution is -0.122. The van der Waals surface area contributed by atoms with E-state index in [0.29, 0.717) is 17.5 Å². The first-order chi connectivity index (χ1) is 12.1. The average Bonchev–Trinajstić information content (AvgIpc) is 3.31. The molecule has 4 atom stereocenters. The van der Waals surface area contributed by atoms with Crippen molar-refractivity contribution in [2.24, 2.45) is 17.8 Å². The Labute approximate surface area is 145 Å². The summed E-state index contributed by atoms with van der Waals surface area (Å²) in [5.74, 6) is 0.903. The molecule has 2 aliphatic rings.